The zero-order chi connectivity index (χ0) is 11.3. The van der Waals surface area contributed by atoms with E-state index in [1.807, 2.05) is 0 Å². The summed E-state index contributed by atoms with van der Waals surface area (Å²) in [4.78, 5) is 15.8. The Hall–Kier alpha value is -1.59. The fraction of sp³-hybridized carbons (Fsp3) is 0.300. The van der Waals surface area contributed by atoms with Crippen LogP contribution in [0, 0.1) is 0 Å². The molecule has 0 bridgehead atoms. The number of carbonyl (C=O) groups is 1. The van der Waals surface area contributed by atoms with Gasteiger partial charge in [-0.05, 0) is 17.7 Å². The molecule has 0 heterocycles. The van der Waals surface area contributed by atoms with E-state index in [-0.39, 0.29) is 12.4 Å². The summed E-state index contributed by atoms with van der Waals surface area (Å²) in [5.74, 6) is 4.07. The van der Waals surface area contributed by atoms with Crippen molar-refractivity contribution in [1.82, 2.24) is 0 Å². The number of aromatic hydroxyl groups is 1. The van der Waals surface area contributed by atoms with Gasteiger partial charge in [0, 0.05) is 0 Å². The van der Waals surface area contributed by atoms with Crippen molar-refractivity contribution in [3.8, 4) is 5.75 Å². The van der Waals surface area contributed by atoms with Gasteiger partial charge in [-0.3, -0.25) is 4.79 Å². The lowest BCUT2D eigenvalue weighted by molar-refractivity contribution is -0.144. The summed E-state index contributed by atoms with van der Waals surface area (Å²) in [5.41, 5.74) is 0.685. The van der Waals surface area contributed by atoms with Crippen LogP contribution >= 0.6 is 0 Å². The predicted molar refractivity (Wildman–Crippen MR) is 53.0 cm³/mol. The number of benzene rings is 1. The van der Waals surface area contributed by atoms with Crippen LogP contribution in [0.15, 0.2) is 24.3 Å². The third-order valence-electron chi connectivity index (χ3n) is 2.04. The van der Waals surface area contributed by atoms with Crippen LogP contribution in [0.25, 0.3) is 0 Å². The topological polar surface area (TPSA) is 81.8 Å². The van der Waals surface area contributed by atoms with Gasteiger partial charge < -0.3 is 14.7 Å². The highest BCUT2D eigenvalue weighted by atomic mass is 16.6. The molecule has 1 rings (SSSR count). The minimum absolute atomic E-state index is 0.0391. The molecule has 0 amide bonds. The summed E-state index contributed by atoms with van der Waals surface area (Å²) in [6.45, 7) is 0.0391. The molecule has 5 heteroatoms. The lowest BCUT2D eigenvalue weighted by Crippen LogP contribution is -2.21. The normalized spacial score (nSPS) is 12.1. The predicted octanol–water partition coefficient (Wildman–Crippen LogP) is 0.539. The first-order valence-electron chi connectivity index (χ1n) is 4.37. The summed E-state index contributed by atoms with van der Waals surface area (Å²) >= 11 is 0. The number of phenolic OH excluding ortho intramolecular Hbond substituents is 1. The molecule has 0 aliphatic carbocycles. The summed E-state index contributed by atoms with van der Waals surface area (Å²) < 4.78 is 4.61. The van der Waals surface area contributed by atoms with Gasteiger partial charge in [0.25, 0.3) is 0 Å². The second-order valence-electron chi connectivity index (χ2n) is 3.00. The summed E-state index contributed by atoms with van der Waals surface area (Å²) in [5, 5.41) is 9.09. The highest BCUT2D eigenvalue weighted by Crippen LogP contribution is 2.20. The minimum Gasteiger partial charge on any atom is -0.508 e. The summed E-state index contributed by atoms with van der Waals surface area (Å²) in [6.07, 6.45) is 0. The number of nitrogens with two attached hydrogens (primary N) is 1. The number of methoxy groups -OCH3 is 1. The Morgan fingerprint density at radius 3 is 2.53 bits per heavy atom. The van der Waals surface area contributed by atoms with E-state index in [0.29, 0.717) is 5.56 Å². The molecule has 1 atom stereocenters. The van der Waals surface area contributed by atoms with Crippen molar-refractivity contribution in [1.29, 1.82) is 0 Å². The number of ether oxygens (including phenoxy) is 1. The lowest BCUT2D eigenvalue weighted by Gasteiger charge is -2.13. The van der Waals surface area contributed by atoms with Crippen molar-refractivity contribution >= 4 is 5.97 Å². The van der Waals surface area contributed by atoms with Gasteiger partial charge in [-0.15, -0.1) is 0 Å². The van der Waals surface area contributed by atoms with Crippen LogP contribution < -0.4 is 5.90 Å². The smallest absolute Gasteiger partial charge is 0.315 e. The Morgan fingerprint density at radius 1 is 1.47 bits per heavy atom. The van der Waals surface area contributed by atoms with Crippen molar-refractivity contribution in [3.63, 3.8) is 0 Å². The molecule has 1 unspecified atom stereocenters. The molecule has 1 aromatic carbocycles. The van der Waals surface area contributed by atoms with Gasteiger partial charge >= 0.3 is 5.97 Å². The SMILES string of the molecule is COC(=O)C(CON)c1ccc(O)cc1. The Kier molecular flexibility index (Phi) is 4.08. The van der Waals surface area contributed by atoms with Crippen LogP contribution in [0.3, 0.4) is 0 Å². The van der Waals surface area contributed by atoms with Crippen molar-refractivity contribution in [2.24, 2.45) is 5.90 Å². The fourth-order valence-electron chi connectivity index (χ4n) is 1.25. The Balaban J connectivity index is 2.88. The monoisotopic (exact) mass is 211 g/mol. The Morgan fingerprint density at radius 2 is 2.07 bits per heavy atom. The zero-order valence-corrected chi connectivity index (χ0v) is 8.34. The Labute approximate surface area is 87.4 Å². The zero-order valence-electron chi connectivity index (χ0n) is 8.34. The van der Waals surface area contributed by atoms with Crippen LogP contribution in [0.4, 0.5) is 0 Å². The number of carbonyl (C=O) groups excluding carboxylic acids is 1. The molecular formula is C10H13NO4. The highest BCUT2D eigenvalue weighted by Gasteiger charge is 2.21. The van der Waals surface area contributed by atoms with Crippen LogP contribution in [0.2, 0.25) is 0 Å². The largest absolute Gasteiger partial charge is 0.508 e. The third kappa shape index (κ3) is 2.93. The minimum atomic E-state index is -0.569. The van der Waals surface area contributed by atoms with Crippen molar-refractivity contribution < 1.29 is 19.5 Å². The van der Waals surface area contributed by atoms with E-state index in [0.717, 1.165) is 0 Å². The molecule has 0 spiro atoms. The van der Waals surface area contributed by atoms with Crippen molar-refractivity contribution in [3.05, 3.63) is 29.8 Å². The number of esters is 1. The third-order valence-corrected chi connectivity index (χ3v) is 2.04. The van der Waals surface area contributed by atoms with Crippen LogP contribution in [0.5, 0.6) is 5.75 Å². The van der Waals surface area contributed by atoms with Crippen LogP contribution in [0.1, 0.15) is 11.5 Å². The number of phenols is 1. The van der Waals surface area contributed by atoms with E-state index in [1.54, 1.807) is 12.1 Å². The molecule has 3 N–H and O–H groups in total. The van der Waals surface area contributed by atoms with Gasteiger partial charge in [-0.25, -0.2) is 5.90 Å². The maximum atomic E-state index is 11.4. The highest BCUT2D eigenvalue weighted by molar-refractivity contribution is 5.78. The number of rotatable bonds is 4. The van der Waals surface area contributed by atoms with Gasteiger partial charge in [0.1, 0.15) is 11.7 Å². The van der Waals surface area contributed by atoms with Gasteiger partial charge in [-0.2, -0.15) is 0 Å². The van der Waals surface area contributed by atoms with Gasteiger partial charge in [0.05, 0.1) is 13.7 Å². The first-order chi connectivity index (χ1) is 7.19. The molecule has 0 radical (unpaired) electrons. The van der Waals surface area contributed by atoms with E-state index in [9.17, 15) is 4.79 Å². The maximum Gasteiger partial charge on any atom is 0.315 e. The molecule has 0 saturated carbocycles. The Bertz CT molecular complexity index is 323. The van der Waals surface area contributed by atoms with Gasteiger partial charge in [-0.1, -0.05) is 12.1 Å². The van der Waals surface area contributed by atoms with Crippen molar-refractivity contribution in [2.75, 3.05) is 13.7 Å². The van der Waals surface area contributed by atoms with Crippen LogP contribution in [-0.4, -0.2) is 24.8 Å². The molecule has 5 nitrogen and oxygen atoms in total. The van der Waals surface area contributed by atoms with Gasteiger partial charge in [0.2, 0.25) is 0 Å². The molecule has 0 saturated heterocycles. The summed E-state index contributed by atoms with van der Waals surface area (Å²) in [6, 6.07) is 6.22. The van der Waals surface area contributed by atoms with E-state index in [4.69, 9.17) is 11.0 Å². The number of hydrogen-bond donors (Lipinski definition) is 2. The molecule has 0 fully saturated rings. The molecular weight excluding hydrogens is 198 g/mol. The van der Waals surface area contributed by atoms with Gasteiger partial charge in [0.15, 0.2) is 0 Å². The average Bonchev–Trinajstić information content (AvgIpc) is 2.26. The molecule has 0 aliphatic heterocycles. The first kappa shape index (κ1) is 11.5. The maximum absolute atomic E-state index is 11.4. The average molecular weight is 211 g/mol. The second-order valence-corrected chi connectivity index (χ2v) is 3.00. The lowest BCUT2D eigenvalue weighted by atomic mass is 10.0. The van der Waals surface area contributed by atoms with E-state index < -0.39 is 11.9 Å². The molecule has 0 aromatic heterocycles. The second kappa shape index (κ2) is 5.33. The fourth-order valence-corrected chi connectivity index (χ4v) is 1.25. The molecule has 1 aromatic rings. The summed E-state index contributed by atoms with van der Waals surface area (Å²) in [7, 11) is 1.30. The van der Waals surface area contributed by atoms with E-state index >= 15 is 0 Å². The van der Waals surface area contributed by atoms with Crippen LogP contribution in [-0.2, 0) is 14.4 Å². The molecule has 82 valence electrons. The molecule has 0 aliphatic rings. The van der Waals surface area contributed by atoms with E-state index in [2.05, 4.69) is 9.57 Å². The van der Waals surface area contributed by atoms with Crippen molar-refractivity contribution in [2.45, 2.75) is 5.92 Å². The molecule has 15 heavy (non-hydrogen) atoms. The standard InChI is InChI=1S/C10H13NO4/c1-14-10(13)9(6-15-11)7-2-4-8(12)5-3-7/h2-5,9,12H,6,11H2,1H3. The number of hydrogen-bond acceptors (Lipinski definition) is 5. The van der Waals surface area contributed by atoms with E-state index in [1.165, 1.54) is 19.2 Å². The quantitative estimate of drug-likeness (QED) is 0.561. The first-order valence-corrected chi connectivity index (χ1v) is 4.37.